The van der Waals surface area contributed by atoms with Gasteiger partial charge in [-0.3, -0.25) is 4.79 Å². The predicted octanol–water partition coefficient (Wildman–Crippen LogP) is 3.48. The highest BCUT2D eigenvalue weighted by Crippen LogP contribution is 2.17. The standard InChI is InChI=1S/C22H28N4O2.HI/c1-4-14-28-20-9-7-6-8-19(20)16-26-22(24-5-2)25-15-17-10-12-18(13-11-17)21(27)23-3;/h4,6-13H,1,5,14-16H2,2-3H3,(H,23,27)(H2,24,25,26);1H. The molecule has 1 amide bonds. The van der Waals surface area contributed by atoms with Crippen molar-refractivity contribution in [1.82, 2.24) is 16.0 Å². The van der Waals surface area contributed by atoms with Gasteiger partial charge in [0.25, 0.3) is 5.91 Å². The number of nitrogens with zero attached hydrogens (tertiary/aromatic N) is 1. The van der Waals surface area contributed by atoms with Crippen LogP contribution in [0.4, 0.5) is 0 Å². The lowest BCUT2D eigenvalue weighted by atomic mass is 10.1. The lowest BCUT2D eigenvalue weighted by Gasteiger charge is -2.14. The molecule has 0 saturated heterocycles. The molecular weight excluding hydrogens is 479 g/mol. The first-order valence-electron chi connectivity index (χ1n) is 9.32. The molecule has 2 aromatic rings. The van der Waals surface area contributed by atoms with Crippen LogP contribution in [0.5, 0.6) is 5.75 Å². The smallest absolute Gasteiger partial charge is 0.251 e. The minimum atomic E-state index is -0.0950. The average molecular weight is 508 g/mol. The Labute approximate surface area is 189 Å². The van der Waals surface area contributed by atoms with Gasteiger partial charge < -0.3 is 20.7 Å². The van der Waals surface area contributed by atoms with Crippen molar-refractivity contribution in [3.05, 3.63) is 77.9 Å². The molecule has 0 aliphatic heterocycles. The summed E-state index contributed by atoms with van der Waals surface area (Å²) in [6.07, 6.45) is 1.73. The quantitative estimate of drug-likeness (QED) is 0.210. The van der Waals surface area contributed by atoms with Crippen LogP contribution in [0.25, 0.3) is 0 Å². The zero-order valence-corrected chi connectivity index (χ0v) is 19.2. The molecule has 0 aliphatic carbocycles. The largest absolute Gasteiger partial charge is 0.489 e. The molecule has 0 aliphatic rings. The molecule has 7 heteroatoms. The summed E-state index contributed by atoms with van der Waals surface area (Å²) in [4.78, 5) is 16.2. The summed E-state index contributed by atoms with van der Waals surface area (Å²) >= 11 is 0. The zero-order valence-electron chi connectivity index (χ0n) is 16.9. The number of guanidine groups is 1. The van der Waals surface area contributed by atoms with E-state index in [2.05, 4.69) is 27.5 Å². The lowest BCUT2D eigenvalue weighted by Crippen LogP contribution is -2.36. The van der Waals surface area contributed by atoms with Crippen LogP contribution in [0.3, 0.4) is 0 Å². The molecule has 29 heavy (non-hydrogen) atoms. The Morgan fingerprint density at radius 2 is 1.86 bits per heavy atom. The molecule has 0 bridgehead atoms. The van der Waals surface area contributed by atoms with Crippen LogP contribution in [0, 0.1) is 0 Å². The minimum Gasteiger partial charge on any atom is -0.489 e. The molecule has 6 nitrogen and oxygen atoms in total. The van der Waals surface area contributed by atoms with Gasteiger partial charge in [-0.15, -0.1) is 24.0 Å². The van der Waals surface area contributed by atoms with Crippen LogP contribution >= 0.6 is 24.0 Å². The van der Waals surface area contributed by atoms with Crippen molar-refractivity contribution in [2.45, 2.75) is 20.0 Å². The number of ether oxygens (including phenoxy) is 1. The Balaban J connectivity index is 0.00000420. The SMILES string of the molecule is C=CCOc1ccccc1CNC(=NCc1ccc(C(=O)NC)cc1)NCC.I. The van der Waals surface area contributed by atoms with Gasteiger partial charge in [0.1, 0.15) is 12.4 Å². The highest BCUT2D eigenvalue weighted by atomic mass is 127. The van der Waals surface area contributed by atoms with Crippen LogP contribution in [-0.2, 0) is 13.1 Å². The van der Waals surface area contributed by atoms with E-state index in [1.165, 1.54) is 0 Å². The molecule has 0 atom stereocenters. The van der Waals surface area contributed by atoms with E-state index in [1.807, 2.05) is 43.3 Å². The first-order valence-corrected chi connectivity index (χ1v) is 9.32. The Hall–Kier alpha value is -2.55. The molecule has 0 heterocycles. The predicted molar refractivity (Wildman–Crippen MR) is 129 cm³/mol. The molecule has 2 aromatic carbocycles. The average Bonchev–Trinajstić information content (AvgIpc) is 2.74. The number of hydrogen-bond acceptors (Lipinski definition) is 3. The number of amides is 1. The van der Waals surface area contributed by atoms with Crippen molar-refractivity contribution in [1.29, 1.82) is 0 Å². The van der Waals surface area contributed by atoms with E-state index in [-0.39, 0.29) is 29.9 Å². The van der Waals surface area contributed by atoms with Crippen molar-refractivity contribution in [3.8, 4) is 5.75 Å². The van der Waals surface area contributed by atoms with Crippen LogP contribution in [0.15, 0.2) is 66.2 Å². The van der Waals surface area contributed by atoms with E-state index in [4.69, 9.17) is 4.74 Å². The van der Waals surface area contributed by atoms with Crippen molar-refractivity contribution >= 4 is 35.8 Å². The third-order valence-corrected chi connectivity index (χ3v) is 3.98. The Bertz CT molecular complexity index is 807. The molecular formula is C22H29IN4O2. The summed E-state index contributed by atoms with van der Waals surface area (Å²) < 4.78 is 5.70. The summed E-state index contributed by atoms with van der Waals surface area (Å²) in [6, 6.07) is 15.3. The van der Waals surface area contributed by atoms with E-state index < -0.39 is 0 Å². The fourth-order valence-corrected chi connectivity index (χ4v) is 2.54. The van der Waals surface area contributed by atoms with E-state index in [1.54, 1.807) is 25.3 Å². The Morgan fingerprint density at radius 1 is 1.14 bits per heavy atom. The van der Waals surface area contributed by atoms with E-state index >= 15 is 0 Å². The Kier molecular flexibility index (Phi) is 11.5. The second-order valence-corrected chi connectivity index (χ2v) is 6.03. The van der Waals surface area contributed by atoms with Crippen molar-refractivity contribution in [3.63, 3.8) is 0 Å². The minimum absolute atomic E-state index is 0. The number of halogens is 1. The highest BCUT2D eigenvalue weighted by Gasteiger charge is 2.05. The van der Waals surface area contributed by atoms with Gasteiger partial charge in [-0.25, -0.2) is 4.99 Å². The number of carbonyl (C=O) groups is 1. The van der Waals surface area contributed by atoms with Gasteiger partial charge in [0, 0.05) is 31.3 Å². The maximum atomic E-state index is 11.6. The van der Waals surface area contributed by atoms with Crippen LogP contribution in [0.2, 0.25) is 0 Å². The topological polar surface area (TPSA) is 74.8 Å². The number of benzene rings is 2. The first-order chi connectivity index (χ1) is 13.7. The van der Waals surface area contributed by atoms with E-state index in [9.17, 15) is 4.79 Å². The van der Waals surface area contributed by atoms with E-state index in [0.29, 0.717) is 25.3 Å². The fourth-order valence-electron chi connectivity index (χ4n) is 2.54. The van der Waals surface area contributed by atoms with Crippen molar-refractivity contribution in [2.24, 2.45) is 4.99 Å². The number of aliphatic imine (C=N–C) groups is 1. The second kappa shape index (κ2) is 13.6. The lowest BCUT2D eigenvalue weighted by molar-refractivity contribution is 0.0963. The highest BCUT2D eigenvalue weighted by molar-refractivity contribution is 14.0. The molecule has 0 radical (unpaired) electrons. The van der Waals surface area contributed by atoms with Crippen LogP contribution in [0.1, 0.15) is 28.4 Å². The van der Waals surface area contributed by atoms with E-state index in [0.717, 1.165) is 29.4 Å². The monoisotopic (exact) mass is 508 g/mol. The van der Waals surface area contributed by atoms with Gasteiger partial charge in [0.05, 0.1) is 6.54 Å². The molecule has 0 spiro atoms. The molecule has 0 fully saturated rings. The summed E-state index contributed by atoms with van der Waals surface area (Å²) in [5, 5.41) is 9.19. The number of carbonyl (C=O) groups excluding carboxylic acids is 1. The number of hydrogen-bond donors (Lipinski definition) is 3. The normalized spacial score (nSPS) is 10.5. The van der Waals surface area contributed by atoms with Crippen LogP contribution < -0.4 is 20.7 Å². The molecule has 156 valence electrons. The number of nitrogens with one attached hydrogen (secondary N) is 3. The van der Waals surface area contributed by atoms with Gasteiger partial charge in [-0.1, -0.05) is 43.0 Å². The summed E-state index contributed by atoms with van der Waals surface area (Å²) in [5.41, 5.74) is 2.71. The molecule has 0 saturated carbocycles. The fraction of sp³-hybridized carbons (Fsp3) is 0.273. The summed E-state index contributed by atoms with van der Waals surface area (Å²) in [7, 11) is 1.62. The third kappa shape index (κ3) is 8.15. The first kappa shape index (κ1) is 24.5. The van der Waals surface area contributed by atoms with Gasteiger partial charge >= 0.3 is 0 Å². The summed E-state index contributed by atoms with van der Waals surface area (Å²) in [6.45, 7) is 8.04. The van der Waals surface area contributed by atoms with Gasteiger partial charge in [0.15, 0.2) is 5.96 Å². The molecule has 0 aromatic heterocycles. The van der Waals surface area contributed by atoms with Crippen LogP contribution in [-0.4, -0.2) is 32.1 Å². The Morgan fingerprint density at radius 3 is 2.52 bits per heavy atom. The van der Waals surface area contributed by atoms with Crippen molar-refractivity contribution < 1.29 is 9.53 Å². The number of para-hydroxylation sites is 1. The van der Waals surface area contributed by atoms with Gasteiger partial charge in [0.2, 0.25) is 0 Å². The third-order valence-electron chi connectivity index (χ3n) is 3.98. The molecule has 0 unspecified atom stereocenters. The number of rotatable bonds is 9. The maximum Gasteiger partial charge on any atom is 0.251 e. The molecule has 3 N–H and O–H groups in total. The molecule has 2 rings (SSSR count). The van der Waals surface area contributed by atoms with Crippen molar-refractivity contribution in [2.75, 3.05) is 20.2 Å². The zero-order chi connectivity index (χ0) is 20.2. The maximum absolute atomic E-state index is 11.6. The summed E-state index contributed by atoms with van der Waals surface area (Å²) in [5.74, 6) is 1.45. The second-order valence-electron chi connectivity index (χ2n) is 6.03. The van der Waals surface area contributed by atoms with Gasteiger partial charge in [-0.2, -0.15) is 0 Å². The van der Waals surface area contributed by atoms with Gasteiger partial charge in [-0.05, 0) is 30.7 Å².